The van der Waals surface area contributed by atoms with Gasteiger partial charge in [-0.25, -0.2) is 0 Å². The van der Waals surface area contributed by atoms with Crippen molar-refractivity contribution >= 4 is 15.9 Å². The molecule has 0 spiro atoms. The third-order valence-electron chi connectivity index (χ3n) is 1.36. The molecule has 0 atom stereocenters. The van der Waals surface area contributed by atoms with E-state index >= 15 is 0 Å². The van der Waals surface area contributed by atoms with Crippen molar-refractivity contribution in [2.75, 3.05) is 0 Å². The minimum absolute atomic E-state index is 0.136. The number of ether oxygens (including phenoxy) is 2. The van der Waals surface area contributed by atoms with Gasteiger partial charge in [-0.3, -0.25) is 0 Å². The smallest absolute Gasteiger partial charge is 0.431 e. The van der Waals surface area contributed by atoms with Crippen LogP contribution < -0.4 is 9.47 Å². The van der Waals surface area contributed by atoms with Crippen LogP contribution in [0.1, 0.15) is 0 Å². The standard InChI is InChI=1S/C8H4BrF5O2/c9-4-2-1-3-5(15-7(10)11)6(4)16-8(12,13)14/h1-3,7H. The minimum Gasteiger partial charge on any atom is -0.431 e. The van der Waals surface area contributed by atoms with Gasteiger partial charge in [0.05, 0.1) is 4.47 Å². The van der Waals surface area contributed by atoms with Gasteiger partial charge in [0.15, 0.2) is 11.5 Å². The second-order valence-corrected chi connectivity index (χ2v) is 3.35. The molecule has 0 N–H and O–H groups in total. The van der Waals surface area contributed by atoms with Crippen LogP contribution in [0.5, 0.6) is 11.5 Å². The van der Waals surface area contributed by atoms with Crippen molar-refractivity contribution in [3.05, 3.63) is 22.7 Å². The third-order valence-corrected chi connectivity index (χ3v) is 1.99. The molecular formula is C8H4BrF5O2. The Morgan fingerprint density at radius 1 is 1.19 bits per heavy atom. The summed E-state index contributed by atoms with van der Waals surface area (Å²) in [4.78, 5) is 0. The monoisotopic (exact) mass is 306 g/mol. The normalized spacial score (nSPS) is 11.7. The Hall–Kier alpha value is -1.05. The van der Waals surface area contributed by atoms with Crippen LogP contribution in [0, 0.1) is 0 Å². The summed E-state index contributed by atoms with van der Waals surface area (Å²) in [5, 5.41) is 0. The van der Waals surface area contributed by atoms with Crippen molar-refractivity contribution in [2.24, 2.45) is 0 Å². The molecule has 0 aromatic heterocycles. The van der Waals surface area contributed by atoms with Gasteiger partial charge in [0.25, 0.3) is 0 Å². The zero-order valence-electron chi connectivity index (χ0n) is 7.39. The van der Waals surface area contributed by atoms with E-state index < -0.39 is 24.5 Å². The molecule has 0 radical (unpaired) electrons. The quantitative estimate of drug-likeness (QED) is 0.787. The summed E-state index contributed by atoms with van der Waals surface area (Å²) in [6.45, 7) is -3.23. The number of alkyl halides is 5. The van der Waals surface area contributed by atoms with Gasteiger partial charge in [0.2, 0.25) is 0 Å². The van der Waals surface area contributed by atoms with E-state index in [0.717, 1.165) is 6.07 Å². The first-order valence-electron chi connectivity index (χ1n) is 3.78. The average Bonchev–Trinajstić information content (AvgIpc) is 2.08. The zero-order chi connectivity index (χ0) is 12.3. The van der Waals surface area contributed by atoms with Crippen molar-refractivity contribution < 1.29 is 31.4 Å². The fourth-order valence-electron chi connectivity index (χ4n) is 0.893. The molecule has 0 saturated carbocycles. The molecule has 2 nitrogen and oxygen atoms in total. The summed E-state index contributed by atoms with van der Waals surface area (Å²) in [6, 6.07) is 3.39. The molecule has 0 unspecified atom stereocenters. The van der Waals surface area contributed by atoms with Crippen LogP contribution in [-0.2, 0) is 0 Å². The molecule has 1 aromatic rings. The molecule has 0 aliphatic rings. The fraction of sp³-hybridized carbons (Fsp3) is 0.250. The number of rotatable bonds is 3. The molecule has 1 rings (SSSR count). The van der Waals surface area contributed by atoms with Gasteiger partial charge < -0.3 is 9.47 Å². The zero-order valence-corrected chi connectivity index (χ0v) is 8.98. The van der Waals surface area contributed by atoms with Crippen molar-refractivity contribution in [1.29, 1.82) is 0 Å². The van der Waals surface area contributed by atoms with Gasteiger partial charge in [-0.1, -0.05) is 6.07 Å². The largest absolute Gasteiger partial charge is 0.573 e. The Kier molecular flexibility index (Phi) is 3.95. The van der Waals surface area contributed by atoms with Gasteiger partial charge in [0, 0.05) is 0 Å². The fourth-order valence-corrected chi connectivity index (χ4v) is 1.32. The molecular weight excluding hydrogens is 303 g/mol. The van der Waals surface area contributed by atoms with Gasteiger partial charge in [0.1, 0.15) is 0 Å². The molecule has 8 heteroatoms. The predicted molar refractivity (Wildman–Crippen MR) is 47.5 cm³/mol. The van der Waals surface area contributed by atoms with E-state index in [0.29, 0.717) is 0 Å². The molecule has 0 aliphatic heterocycles. The third kappa shape index (κ3) is 3.84. The molecule has 0 amide bonds. The van der Waals surface area contributed by atoms with Gasteiger partial charge >= 0.3 is 13.0 Å². The highest BCUT2D eigenvalue weighted by Crippen LogP contribution is 2.39. The molecule has 16 heavy (non-hydrogen) atoms. The van der Waals surface area contributed by atoms with Crippen molar-refractivity contribution in [3.8, 4) is 11.5 Å². The van der Waals surface area contributed by atoms with Crippen molar-refractivity contribution in [1.82, 2.24) is 0 Å². The maximum Gasteiger partial charge on any atom is 0.573 e. The molecule has 0 fully saturated rings. The van der Waals surface area contributed by atoms with Crippen LogP contribution in [-0.4, -0.2) is 13.0 Å². The second kappa shape index (κ2) is 4.86. The first kappa shape index (κ1) is 13.0. The molecule has 0 bridgehead atoms. The number of halogens is 6. The summed E-state index contributed by atoms with van der Waals surface area (Å²) < 4.78 is 66.9. The summed E-state index contributed by atoms with van der Waals surface area (Å²) in [7, 11) is 0. The summed E-state index contributed by atoms with van der Waals surface area (Å²) in [5.41, 5.74) is 0. The van der Waals surface area contributed by atoms with Crippen LogP contribution in [0.3, 0.4) is 0 Å². The highest BCUT2D eigenvalue weighted by atomic mass is 79.9. The maximum atomic E-state index is 12.0. The van der Waals surface area contributed by atoms with E-state index in [-0.39, 0.29) is 4.47 Å². The van der Waals surface area contributed by atoms with Crippen molar-refractivity contribution in [3.63, 3.8) is 0 Å². The average molecular weight is 307 g/mol. The molecule has 90 valence electrons. The van der Waals surface area contributed by atoms with Gasteiger partial charge in [-0.2, -0.15) is 8.78 Å². The van der Waals surface area contributed by atoms with E-state index in [1.165, 1.54) is 12.1 Å². The van der Waals surface area contributed by atoms with Crippen LogP contribution in [0.2, 0.25) is 0 Å². The van der Waals surface area contributed by atoms with Gasteiger partial charge in [-0.05, 0) is 28.1 Å². The second-order valence-electron chi connectivity index (χ2n) is 2.49. The van der Waals surface area contributed by atoms with Crippen LogP contribution in [0.4, 0.5) is 22.0 Å². The Morgan fingerprint density at radius 3 is 2.31 bits per heavy atom. The molecule has 1 aromatic carbocycles. The first-order valence-corrected chi connectivity index (χ1v) is 4.58. The topological polar surface area (TPSA) is 18.5 Å². The lowest BCUT2D eigenvalue weighted by atomic mass is 10.3. The number of hydrogen-bond donors (Lipinski definition) is 0. The molecule has 0 heterocycles. The number of benzene rings is 1. The van der Waals surface area contributed by atoms with E-state index in [4.69, 9.17) is 0 Å². The summed E-state index contributed by atoms with van der Waals surface area (Å²) >= 11 is 2.74. The lowest BCUT2D eigenvalue weighted by Gasteiger charge is -2.14. The summed E-state index contributed by atoms with van der Waals surface area (Å²) in [6.07, 6.45) is -4.98. The first-order chi connectivity index (χ1) is 7.29. The van der Waals surface area contributed by atoms with Crippen LogP contribution >= 0.6 is 15.9 Å². The highest BCUT2D eigenvalue weighted by Gasteiger charge is 2.33. The maximum absolute atomic E-state index is 12.0. The van der Waals surface area contributed by atoms with Gasteiger partial charge in [-0.15, -0.1) is 13.2 Å². The lowest BCUT2D eigenvalue weighted by molar-refractivity contribution is -0.275. The SMILES string of the molecule is FC(F)Oc1cccc(Br)c1OC(F)(F)F. The Morgan fingerprint density at radius 2 is 1.81 bits per heavy atom. The lowest BCUT2D eigenvalue weighted by Crippen LogP contribution is -2.18. The minimum atomic E-state index is -4.98. The number of para-hydroxylation sites is 1. The van der Waals surface area contributed by atoms with Crippen LogP contribution in [0.25, 0.3) is 0 Å². The van der Waals surface area contributed by atoms with E-state index in [9.17, 15) is 22.0 Å². The van der Waals surface area contributed by atoms with Crippen LogP contribution in [0.15, 0.2) is 22.7 Å². The number of hydrogen-bond acceptors (Lipinski definition) is 2. The Bertz CT molecular complexity index is 366. The molecule has 0 saturated heterocycles. The highest BCUT2D eigenvalue weighted by molar-refractivity contribution is 9.10. The van der Waals surface area contributed by atoms with Crippen molar-refractivity contribution in [2.45, 2.75) is 13.0 Å². The Balaban J connectivity index is 3.03. The van der Waals surface area contributed by atoms with E-state index in [1.54, 1.807) is 0 Å². The predicted octanol–water partition coefficient (Wildman–Crippen LogP) is 3.95. The van der Waals surface area contributed by atoms with E-state index in [1.807, 2.05) is 0 Å². The molecule has 0 aliphatic carbocycles. The summed E-state index contributed by atoms with van der Waals surface area (Å²) in [5.74, 6) is -1.53. The van der Waals surface area contributed by atoms with E-state index in [2.05, 4.69) is 25.4 Å². The Labute approximate surface area is 95.1 Å².